The van der Waals surface area contributed by atoms with Crippen LogP contribution in [0, 0.1) is 6.92 Å². The number of thiazole rings is 1. The number of hydrogen-bond donors (Lipinski definition) is 2. The van der Waals surface area contributed by atoms with Gasteiger partial charge in [0.05, 0.1) is 12.3 Å². The molecule has 0 saturated carbocycles. The number of aromatic nitrogens is 1. The molecule has 0 spiro atoms. The van der Waals surface area contributed by atoms with E-state index in [1.165, 1.54) is 0 Å². The third-order valence-electron chi connectivity index (χ3n) is 1.93. The maximum Gasteiger partial charge on any atom is 0.347 e. The van der Waals surface area contributed by atoms with Crippen molar-refractivity contribution in [2.75, 3.05) is 18.5 Å². The van der Waals surface area contributed by atoms with Crippen LogP contribution < -0.4 is 5.32 Å². The molecule has 0 radical (unpaired) electrons. The molecule has 0 fully saturated rings. The summed E-state index contributed by atoms with van der Waals surface area (Å²) in [5, 5.41) is 12.6. The summed E-state index contributed by atoms with van der Waals surface area (Å²) in [6.07, 6.45) is 0. The summed E-state index contributed by atoms with van der Waals surface area (Å²) >= 11 is 1.15. The first-order chi connectivity index (χ1) is 7.54. The Morgan fingerprint density at radius 2 is 2.38 bits per heavy atom. The average molecular weight is 244 g/mol. The number of carbonyl (C=O) groups is 1. The Bertz CT molecular complexity index is 365. The highest BCUT2D eigenvalue weighted by Gasteiger charge is 2.14. The lowest BCUT2D eigenvalue weighted by Gasteiger charge is -2.11. The first-order valence-corrected chi connectivity index (χ1v) is 5.91. The topological polar surface area (TPSA) is 71.5 Å². The number of aryl methyl sites for hydroxylation is 1. The van der Waals surface area contributed by atoms with Crippen LogP contribution in [0.25, 0.3) is 0 Å². The van der Waals surface area contributed by atoms with E-state index < -0.39 is 5.97 Å². The van der Waals surface area contributed by atoms with Crippen molar-refractivity contribution in [3.63, 3.8) is 0 Å². The van der Waals surface area contributed by atoms with Crippen molar-refractivity contribution in [2.45, 2.75) is 26.8 Å². The number of hydrogen-bond acceptors (Lipinski definition) is 5. The Balaban J connectivity index is 2.60. The molecule has 6 heteroatoms. The molecule has 90 valence electrons. The summed E-state index contributed by atoms with van der Waals surface area (Å²) in [5.41, 5.74) is 0.545. The second kappa shape index (κ2) is 5.81. The van der Waals surface area contributed by atoms with E-state index >= 15 is 0 Å². The quantitative estimate of drug-likeness (QED) is 0.800. The lowest BCUT2D eigenvalue weighted by atomic mass is 10.4. The molecule has 0 aromatic carbocycles. The number of ether oxygens (including phenoxy) is 1. The van der Waals surface area contributed by atoms with E-state index in [0.29, 0.717) is 24.0 Å². The van der Waals surface area contributed by atoms with E-state index in [-0.39, 0.29) is 10.9 Å². The summed E-state index contributed by atoms with van der Waals surface area (Å²) in [6.45, 7) is 6.84. The number of carboxylic acids is 1. The van der Waals surface area contributed by atoms with Gasteiger partial charge in [0.25, 0.3) is 0 Å². The van der Waals surface area contributed by atoms with Gasteiger partial charge in [-0.2, -0.15) is 0 Å². The Hall–Kier alpha value is -1.14. The van der Waals surface area contributed by atoms with Gasteiger partial charge < -0.3 is 15.2 Å². The fourth-order valence-corrected chi connectivity index (χ4v) is 2.12. The molecule has 16 heavy (non-hydrogen) atoms. The number of carboxylic acid groups (broad SMARTS) is 1. The average Bonchev–Trinajstić information content (AvgIpc) is 2.56. The summed E-state index contributed by atoms with van der Waals surface area (Å²) < 4.78 is 5.25. The van der Waals surface area contributed by atoms with Gasteiger partial charge in [0.1, 0.15) is 4.88 Å². The van der Waals surface area contributed by atoms with Crippen molar-refractivity contribution in [3.8, 4) is 0 Å². The van der Waals surface area contributed by atoms with Crippen LogP contribution in [-0.2, 0) is 4.74 Å². The van der Waals surface area contributed by atoms with E-state index in [4.69, 9.17) is 9.84 Å². The van der Waals surface area contributed by atoms with Gasteiger partial charge in [-0.15, -0.1) is 0 Å². The maximum atomic E-state index is 10.8. The largest absolute Gasteiger partial charge is 0.477 e. The Morgan fingerprint density at radius 1 is 1.69 bits per heavy atom. The highest BCUT2D eigenvalue weighted by Crippen LogP contribution is 2.22. The summed E-state index contributed by atoms with van der Waals surface area (Å²) in [7, 11) is 0. The monoisotopic (exact) mass is 244 g/mol. The zero-order valence-electron chi connectivity index (χ0n) is 9.61. The molecule has 1 rings (SSSR count). The maximum absolute atomic E-state index is 10.8. The van der Waals surface area contributed by atoms with Crippen LogP contribution in [0.5, 0.6) is 0 Å². The molecule has 0 saturated heterocycles. The molecular formula is C10H16N2O3S. The minimum Gasteiger partial charge on any atom is -0.477 e. The van der Waals surface area contributed by atoms with E-state index in [1.54, 1.807) is 6.92 Å². The molecule has 0 amide bonds. The predicted molar refractivity (Wildman–Crippen MR) is 63.4 cm³/mol. The van der Waals surface area contributed by atoms with Gasteiger partial charge in [0.2, 0.25) is 0 Å². The van der Waals surface area contributed by atoms with Crippen molar-refractivity contribution in [1.29, 1.82) is 0 Å². The fraction of sp³-hybridized carbons (Fsp3) is 0.600. The van der Waals surface area contributed by atoms with Gasteiger partial charge in [-0.1, -0.05) is 11.3 Å². The standard InChI is InChI=1S/C10H16N2O3S/c1-4-15-5-6(2)11-10-12-7(3)8(16-10)9(13)14/h6H,4-5H2,1-3H3,(H,11,12)(H,13,14). The molecule has 1 atom stereocenters. The minimum absolute atomic E-state index is 0.118. The van der Waals surface area contributed by atoms with Gasteiger partial charge in [-0.05, 0) is 20.8 Å². The molecule has 1 aromatic heterocycles. The molecule has 1 heterocycles. The molecule has 2 N–H and O–H groups in total. The van der Waals surface area contributed by atoms with Crippen LogP contribution in [0.15, 0.2) is 0 Å². The third kappa shape index (κ3) is 3.46. The molecule has 0 aliphatic heterocycles. The van der Waals surface area contributed by atoms with E-state index in [0.717, 1.165) is 11.3 Å². The fourth-order valence-electron chi connectivity index (χ4n) is 1.20. The lowest BCUT2D eigenvalue weighted by molar-refractivity contribution is 0.0701. The van der Waals surface area contributed by atoms with Crippen LogP contribution >= 0.6 is 11.3 Å². The Labute approximate surface area is 98.5 Å². The van der Waals surface area contributed by atoms with E-state index in [2.05, 4.69) is 10.3 Å². The third-order valence-corrected chi connectivity index (χ3v) is 3.01. The first kappa shape index (κ1) is 12.9. The van der Waals surface area contributed by atoms with Crippen molar-refractivity contribution < 1.29 is 14.6 Å². The highest BCUT2D eigenvalue weighted by molar-refractivity contribution is 7.17. The van der Waals surface area contributed by atoms with Crippen molar-refractivity contribution in [1.82, 2.24) is 4.98 Å². The summed E-state index contributed by atoms with van der Waals surface area (Å²) in [6, 6.07) is 0.118. The SMILES string of the molecule is CCOCC(C)Nc1nc(C)c(C(=O)O)s1. The number of nitrogens with zero attached hydrogens (tertiary/aromatic N) is 1. The number of nitrogens with one attached hydrogen (secondary N) is 1. The smallest absolute Gasteiger partial charge is 0.347 e. The van der Waals surface area contributed by atoms with Crippen LogP contribution in [-0.4, -0.2) is 35.3 Å². The van der Waals surface area contributed by atoms with Gasteiger partial charge >= 0.3 is 5.97 Å². The molecule has 0 aliphatic carbocycles. The number of rotatable bonds is 6. The molecular weight excluding hydrogens is 228 g/mol. The Morgan fingerprint density at radius 3 is 2.88 bits per heavy atom. The van der Waals surface area contributed by atoms with Crippen molar-refractivity contribution in [3.05, 3.63) is 10.6 Å². The summed E-state index contributed by atoms with van der Waals surface area (Å²) in [4.78, 5) is 15.2. The lowest BCUT2D eigenvalue weighted by Crippen LogP contribution is -2.21. The second-order valence-electron chi connectivity index (χ2n) is 3.44. The van der Waals surface area contributed by atoms with Gasteiger partial charge in [-0.25, -0.2) is 9.78 Å². The zero-order chi connectivity index (χ0) is 12.1. The first-order valence-electron chi connectivity index (χ1n) is 5.09. The zero-order valence-corrected chi connectivity index (χ0v) is 10.4. The van der Waals surface area contributed by atoms with E-state index in [9.17, 15) is 4.79 Å². The van der Waals surface area contributed by atoms with Gasteiger partial charge in [-0.3, -0.25) is 0 Å². The normalized spacial score (nSPS) is 12.4. The van der Waals surface area contributed by atoms with Crippen molar-refractivity contribution in [2.24, 2.45) is 0 Å². The van der Waals surface area contributed by atoms with Gasteiger partial charge in [0.15, 0.2) is 5.13 Å². The molecule has 0 bridgehead atoms. The predicted octanol–water partition coefficient (Wildman–Crippen LogP) is 1.99. The van der Waals surface area contributed by atoms with Gasteiger partial charge in [0, 0.05) is 12.6 Å². The number of anilines is 1. The van der Waals surface area contributed by atoms with Crippen LogP contribution in [0.3, 0.4) is 0 Å². The Kier molecular flexibility index (Phi) is 4.70. The minimum atomic E-state index is -0.930. The molecule has 1 aromatic rings. The van der Waals surface area contributed by atoms with Crippen molar-refractivity contribution >= 4 is 22.4 Å². The molecule has 0 aliphatic rings. The van der Waals surface area contributed by atoms with Crippen LogP contribution in [0.4, 0.5) is 5.13 Å². The second-order valence-corrected chi connectivity index (χ2v) is 4.44. The van der Waals surface area contributed by atoms with E-state index in [1.807, 2.05) is 13.8 Å². The molecule has 1 unspecified atom stereocenters. The summed E-state index contributed by atoms with van der Waals surface area (Å²) in [5.74, 6) is -0.930. The number of aromatic carboxylic acids is 1. The highest BCUT2D eigenvalue weighted by atomic mass is 32.1. The van der Waals surface area contributed by atoms with Crippen LogP contribution in [0.1, 0.15) is 29.2 Å². The molecule has 5 nitrogen and oxygen atoms in total. The van der Waals surface area contributed by atoms with Crippen LogP contribution in [0.2, 0.25) is 0 Å².